The van der Waals surface area contributed by atoms with Gasteiger partial charge in [-0.15, -0.1) is 0 Å². The molecule has 1 aromatic carbocycles. The van der Waals surface area contributed by atoms with E-state index in [2.05, 4.69) is 5.32 Å². The van der Waals surface area contributed by atoms with Crippen LogP contribution in [-0.4, -0.2) is 23.6 Å². The maximum absolute atomic E-state index is 11.5. The van der Waals surface area contributed by atoms with E-state index in [1.54, 1.807) is 25.1 Å². The maximum atomic E-state index is 11.5. The highest BCUT2D eigenvalue weighted by atomic mass is 16.5. The molecule has 0 atom stereocenters. The average Bonchev–Trinajstić information content (AvgIpc) is 2.26. The zero-order valence-corrected chi connectivity index (χ0v) is 8.28. The molecule has 15 heavy (non-hydrogen) atoms. The number of aryl methyl sites for hydroxylation is 1. The molecule has 0 saturated carbocycles. The van der Waals surface area contributed by atoms with Gasteiger partial charge in [-0.1, -0.05) is 18.2 Å². The topological polar surface area (TPSA) is 78.4 Å². The first kappa shape index (κ1) is 11.2. The van der Waals surface area contributed by atoms with Crippen LogP contribution in [0.4, 0.5) is 0 Å². The van der Waals surface area contributed by atoms with Crippen molar-refractivity contribution in [2.75, 3.05) is 6.54 Å². The van der Waals surface area contributed by atoms with Gasteiger partial charge in [-0.3, -0.25) is 14.8 Å². The summed E-state index contributed by atoms with van der Waals surface area (Å²) in [4.78, 5) is 22.2. The molecule has 0 bridgehead atoms. The zero-order valence-electron chi connectivity index (χ0n) is 8.28. The highest BCUT2D eigenvalue weighted by molar-refractivity contribution is 5.97. The Morgan fingerprint density at radius 2 is 2.00 bits per heavy atom. The third-order valence-electron chi connectivity index (χ3n) is 1.92. The number of hydrogen-bond acceptors (Lipinski definition) is 3. The molecular weight excluding hydrogens is 196 g/mol. The molecule has 2 amide bonds. The van der Waals surface area contributed by atoms with Gasteiger partial charge < -0.3 is 5.32 Å². The standard InChI is InChI=1S/C10H12N2O3/c1-7-4-2-3-5-8(7)10(14)11-6-9(13)12-15/h2-5,15H,6H2,1H3,(H,11,14)(H,12,13). The van der Waals surface area contributed by atoms with Gasteiger partial charge in [0.05, 0.1) is 6.54 Å². The van der Waals surface area contributed by atoms with Gasteiger partial charge in [0.25, 0.3) is 11.8 Å². The van der Waals surface area contributed by atoms with Gasteiger partial charge in [-0.2, -0.15) is 0 Å². The summed E-state index contributed by atoms with van der Waals surface area (Å²) in [7, 11) is 0. The average molecular weight is 208 g/mol. The summed E-state index contributed by atoms with van der Waals surface area (Å²) in [5.74, 6) is -0.992. The molecule has 0 aliphatic carbocycles. The van der Waals surface area contributed by atoms with Gasteiger partial charge in [0.2, 0.25) is 0 Å². The monoisotopic (exact) mass is 208 g/mol. The summed E-state index contributed by atoms with van der Waals surface area (Å²) in [5.41, 5.74) is 2.78. The molecule has 0 aliphatic heterocycles. The Morgan fingerprint density at radius 3 is 2.60 bits per heavy atom. The van der Waals surface area contributed by atoms with E-state index < -0.39 is 5.91 Å². The molecule has 80 valence electrons. The van der Waals surface area contributed by atoms with Crippen molar-refractivity contribution in [3.8, 4) is 0 Å². The van der Waals surface area contributed by atoms with Crippen LogP contribution in [0, 0.1) is 6.92 Å². The Kier molecular flexibility index (Phi) is 3.82. The largest absolute Gasteiger partial charge is 0.343 e. The van der Waals surface area contributed by atoms with Gasteiger partial charge >= 0.3 is 0 Å². The molecule has 0 saturated heterocycles. The van der Waals surface area contributed by atoms with Crippen molar-refractivity contribution in [2.24, 2.45) is 0 Å². The van der Waals surface area contributed by atoms with Crippen LogP contribution >= 0.6 is 0 Å². The Balaban J connectivity index is 2.62. The number of hydrogen-bond donors (Lipinski definition) is 3. The minimum atomic E-state index is -0.656. The lowest BCUT2D eigenvalue weighted by Gasteiger charge is -2.05. The van der Waals surface area contributed by atoms with E-state index >= 15 is 0 Å². The van der Waals surface area contributed by atoms with E-state index in [0.29, 0.717) is 5.56 Å². The van der Waals surface area contributed by atoms with E-state index in [9.17, 15) is 9.59 Å². The molecule has 1 rings (SSSR count). The first-order chi connectivity index (χ1) is 7.15. The Hall–Kier alpha value is -1.88. The lowest BCUT2D eigenvalue weighted by atomic mass is 10.1. The second-order valence-corrected chi connectivity index (χ2v) is 3.03. The lowest BCUT2D eigenvalue weighted by Crippen LogP contribution is -2.35. The molecule has 5 nitrogen and oxygen atoms in total. The van der Waals surface area contributed by atoms with Crippen molar-refractivity contribution in [1.29, 1.82) is 0 Å². The predicted molar refractivity (Wildman–Crippen MR) is 53.4 cm³/mol. The number of carbonyl (C=O) groups excluding carboxylic acids is 2. The second-order valence-electron chi connectivity index (χ2n) is 3.03. The molecule has 0 aliphatic rings. The summed E-state index contributed by atoms with van der Waals surface area (Å²) in [6.45, 7) is 1.56. The normalized spacial score (nSPS) is 9.47. The zero-order chi connectivity index (χ0) is 11.3. The molecule has 0 heterocycles. The fraction of sp³-hybridized carbons (Fsp3) is 0.200. The second kappa shape index (κ2) is 5.11. The Bertz CT molecular complexity index is 377. The molecule has 3 N–H and O–H groups in total. The van der Waals surface area contributed by atoms with Crippen LogP contribution in [0.1, 0.15) is 15.9 Å². The maximum Gasteiger partial charge on any atom is 0.262 e. The quantitative estimate of drug-likeness (QED) is 0.491. The first-order valence-corrected chi connectivity index (χ1v) is 4.42. The van der Waals surface area contributed by atoms with Gasteiger partial charge in [-0.25, -0.2) is 5.48 Å². The van der Waals surface area contributed by atoms with Crippen molar-refractivity contribution < 1.29 is 14.8 Å². The summed E-state index contributed by atoms with van der Waals surface area (Å²) >= 11 is 0. The van der Waals surface area contributed by atoms with Crippen LogP contribution in [0.2, 0.25) is 0 Å². The number of benzene rings is 1. The van der Waals surface area contributed by atoms with E-state index in [-0.39, 0.29) is 12.5 Å². The minimum Gasteiger partial charge on any atom is -0.343 e. The van der Waals surface area contributed by atoms with E-state index in [4.69, 9.17) is 5.21 Å². The minimum absolute atomic E-state index is 0.246. The van der Waals surface area contributed by atoms with E-state index in [1.165, 1.54) is 5.48 Å². The molecule has 0 fully saturated rings. The summed E-state index contributed by atoms with van der Waals surface area (Å²) in [6.07, 6.45) is 0. The third-order valence-corrected chi connectivity index (χ3v) is 1.92. The molecule has 5 heteroatoms. The number of amides is 2. The van der Waals surface area contributed by atoms with Gasteiger partial charge in [0, 0.05) is 5.56 Å². The van der Waals surface area contributed by atoms with Crippen LogP contribution < -0.4 is 10.8 Å². The van der Waals surface area contributed by atoms with Crippen molar-refractivity contribution in [1.82, 2.24) is 10.8 Å². The third kappa shape index (κ3) is 3.07. The molecule has 0 aromatic heterocycles. The Morgan fingerprint density at radius 1 is 1.33 bits per heavy atom. The Labute approximate surface area is 87.1 Å². The SMILES string of the molecule is Cc1ccccc1C(=O)NCC(=O)NO. The van der Waals surface area contributed by atoms with E-state index in [0.717, 1.165) is 5.56 Å². The number of nitrogens with one attached hydrogen (secondary N) is 2. The molecule has 0 unspecified atom stereocenters. The molecule has 1 aromatic rings. The molecule has 0 spiro atoms. The van der Waals surface area contributed by atoms with Gasteiger partial charge in [-0.05, 0) is 18.6 Å². The summed E-state index contributed by atoms with van der Waals surface area (Å²) in [6, 6.07) is 7.04. The highest BCUT2D eigenvalue weighted by Crippen LogP contribution is 2.05. The number of hydroxylamine groups is 1. The van der Waals surface area contributed by atoms with Crippen LogP contribution in [-0.2, 0) is 4.79 Å². The fourth-order valence-corrected chi connectivity index (χ4v) is 1.12. The van der Waals surface area contributed by atoms with Crippen LogP contribution in [0.15, 0.2) is 24.3 Å². The summed E-state index contributed by atoms with van der Waals surface area (Å²) in [5, 5.41) is 10.6. The highest BCUT2D eigenvalue weighted by Gasteiger charge is 2.08. The first-order valence-electron chi connectivity index (χ1n) is 4.42. The summed E-state index contributed by atoms with van der Waals surface area (Å²) < 4.78 is 0. The van der Waals surface area contributed by atoms with Crippen LogP contribution in [0.5, 0.6) is 0 Å². The smallest absolute Gasteiger partial charge is 0.262 e. The fourth-order valence-electron chi connectivity index (χ4n) is 1.12. The van der Waals surface area contributed by atoms with Crippen LogP contribution in [0.25, 0.3) is 0 Å². The number of rotatable bonds is 3. The number of carbonyl (C=O) groups is 2. The predicted octanol–water partition coefficient (Wildman–Crippen LogP) is 0.230. The van der Waals surface area contributed by atoms with Gasteiger partial charge in [0.15, 0.2) is 0 Å². The molecular formula is C10H12N2O3. The van der Waals surface area contributed by atoms with Crippen molar-refractivity contribution in [2.45, 2.75) is 6.92 Å². The van der Waals surface area contributed by atoms with Crippen molar-refractivity contribution in [3.63, 3.8) is 0 Å². The van der Waals surface area contributed by atoms with Crippen molar-refractivity contribution in [3.05, 3.63) is 35.4 Å². The van der Waals surface area contributed by atoms with E-state index in [1.807, 2.05) is 6.07 Å². The van der Waals surface area contributed by atoms with Gasteiger partial charge in [0.1, 0.15) is 0 Å². The van der Waals surface area contributed by atoms with Crippen molar-refractivity contribution >= 4 is 11.8 Å². The van der Waals surface area contributed by atoms with Crippen LogP contribution in [0.3, 0.4) is 0 Å². The molecule has 0 radical (unpaired) electrons. The lowest BCUT2D eigenvalue weighted by molar-refractivity contribution is -0.128.